The van der Waals surface area contributed by atoms with Crippen LogP contribution in [0.5, 0.6) is 5.75 Å². The maximum absolute atomic E-state index is 13.8. The van der Waals surface area contributed by atoms with Gasteiger partial charge in [0.05, 0.1) is 30.7 Å². The molecule has 152 valence electrons. The molecule has 3 rings (SSSR count). The Morgan fingerprint density at radius 2 is 1.86 bits per heavy atom. The lowest BCUT2D eigenvalue weighted by Crippen LogP contribution is -2.19. The Balaban J connectivity index is 1.68. The molecule has 10 heteroatoms. The number of hydrogen-bond donors (Lipinski definition) is 2. The van der Waals surface area contributed by atoms with E-state index in [1.807, 2.05) is 19.1 Å². The molecular formula is C19H16F4N4OS. The van der Waals surface area contributed by atoms with Gasteiger partial charge in [-0.1, -0.05) is 12.1 Å². The Bertz CT molecular complexity index is 1040. The van der Waals surface area contributed by atoms with Crippen LogP contribution in [0.3, 0.4) is 0 Å². The van der Waals surface area contributed by atoms with Crippen LogP contribution in [0, 0.1) is 23.3 Å². The molecule has 0 atom stereocenters. The molecule has 2 N–H and O–H groups in total. The van der Waals surface area contributed by atoms with Crippen molar-refractivity contribution in [1.82, 2.24) is 9.78 Å². The summed E-state index contributed by atoms with van der Waals surface area (Å²) < 4.78 is 60.7. The average Bonchev–Trinajstić information content (AvgIpc) is 3.12. The van der Waals surface area contributed by atoms with E-state index >= 15 is 0 Å². The summed E-state index contributed by atoms with van der Waals surface area (Å²) in [5, 5.41) is 10.0. The molecule has 29 heavy (non-hydrogen) atoms. The highest BCUT2D eigenvalue weighted by Gasteiger charge is 2.19. The lowest BCUT2D eigenvalue weighted by Gasteiger charge is -2.13. The van der Waals surface area contributed by atoms with Crippen molar-refractivity contribution in [2.24, 2.45) is 0 Å². The fourth-order valence-electron chi connectivity index (χ4n) is 2.56. The van der Waals surface area contributed by atoms with Crippen molar-refractivity contribution >= 4 is 28.7 Å². The molecule has 0 amide bonds. The fourth-order valence-corrected chi connectivity index (χ4v) is 2.79. The van der Waals surface area contributed by atoms with Crippen LogP contribution in [-0.2, 0) is 6.54 Å². The molecule has 2 aromatic carbocycles. The van der Waals surface area contributed by atoms with E-state index in [0.29, 0.717) is 29.8 Å². The highest BCUT2D eigenvalue weighted by molar-refractivity contribution is 7.80. The molecule has 0 spiro atoms. The van der Waals surface area contributed by atoms with E-state index in [2.05, 4.69) is 15.7 Å². The quantitative estimate of drug-likeness (QED) is 0.260. The number of aromatic nitrogens is 2. The fraction of sp³-hybridized carbons (Fsp3) is 0.158. The van der Waals surface area contributed by atoms with E-state index < -0.39 is 35.4 Å². The van der Waals surface area contributed by atoms with Gasteiger partial charge in [-0.3, -0.25) is 4.68 Å². The molecule has 0 saturated heterocycles. The summed E-state index contributed by atoms with van der Waals surface area (Å²) in [5.41, 5.74) is 0.454. The third-order valence-electron chi connectivity index (χ3n) is 3.86. The molecular weight excluding hydrogens is 408 g/mol. The second-order valence-electron chi connectivity index (χ2n) is 5.88. The number of rotatable bonds is 6. The normalized spacial score (nSPS) is 10.7. The van der Waals surface area contributed by atoms with Crippen LogP contribution in [0.25, 0.3) is 0 Å². The summed E-state index contributed by atoms with van der Waals surface area (Å²) in [7, 11) is 0. The van der Waals surface area contributed by atoms with E-state index in [0.717, 1.165) is 4.68 Å². The van der Waals surface area contributed by atoms with Gasteiger partial charge in [0.15, 0.2) is 22.6 Å². The zero-order chi connectivity index (χ0) is 21.0. The third kappa shape index (κ3) is 4.83. The highest BCUT2D eigenvalue weighted by Crippen LogP contribution is 2.24. The molecule has 0 radical (unpaired) electrons. The van der Waals surface area contributed by atoms with Crippen molar-refractivity contribution in [3.05, 3.63) is 71.6 Å². The van der Waals surface area contributed by atoms with Gasteiger partial charge in [0.1, 0.15) is 11.6 Å². The van der Waals surface area contributed by atoms with Gasteiger partial charge in [-0.2, -0.15) is 5.10 Å². The number of nitrogens with zero attached hydrogens (tertiary/aromatic N) is 2. The number of ether oxygens (including phenoxy) is 1. The standard InChI is InChI=1S/C19H16F4N4OS/c1-2-28-16-6-4-3-5-15(16)26-19(29)25-11-8-24-27(9-11)10-12-13(20)7-14(21)18(23)17(12)22/h3-9H,2,10H2,1H3,(H2,25,26,29). The summed E-state index contributed by atoms with van der Waals surface area (Å²) in [4.78, 5) is 0. The van der Waals surface area contributed by atoms with Crippen LogP contribution < -0.4 is 15.4 Å². The number of benzene rings is 2. The minimum atomic E-state index is -1.73. The van der Waals surface area contributed by atoms with Gasteiger partial charge in [-0.15, -0.1) is 0 Å². The Hall–Kier alpha value is -3.14. The minimum absolute atomic E-state index is 0.238. The predicted octanol–water partition coefficient (Wildman–Crippen LogP) is 4.70. The van der Waals surface area contributed by atoms with Gasteiger partial charge in [-0.25, -0.2) is 17.6 Å². The summed E-state index contributed by atoms with van der Waals surface area (Å²) >= 11 is 5.25. The van der Waals surface area contributed by atoms with Crippen LogP contribution >= 0.6 is 12.2 Å². The zero-order valence-electron chi connectivity index (χ0n) is 15.2. The Kier molecular flexibility index (Phi) is 6.32. The topological polar surface area (TPSA) is 51.1 Å². The zero-order valence-corrected chi connectivity index (χ0v) is 16.0. The van der Waals surface area contributed by atoms with E-state index in [9.17, 15) is 17.6 Å². The third-order valence-corrected chi connectivity index (χ3v) is 4.06. The number of anilines is 2. The summed E-state index contributed by atoms with van der Waals surface area (Å²) in [6.45, 7) is 1.92. The van der Waals surface area contributed by atoms with Crippen LogP contribution in [0.4, 0.5) is 28.9 Å². The summed E-state index contributed by atoms with van der Waals surface area (Å²) in [5.74, 6) is -5.48. The number of nitrogens with one attached hydrogen (secondary N) is 2. The lowest BCUT2D eigenvalue weighted by molar-refractivity contribution is 0.342. The number of hydrogen-bond acceptors (Lipinski definition) is 3. The van der Waals surface area contributed by atoms with E-state index in [1.165, 1.54) is 12.4 Å². The second-order valence-corrected chi connectivity index (χ2v) is 6.29. The maximum Gasteiger partial charge on any atom is 0.194 e. The molecule has 0 aliphatic rings. The summed E-state index contributed by atoms with van der Waals surface area (Å²) in [6.07, 6.45) is 2.79. The SMILES string of the molecule is CCOc1ccccc1NC(=S)Nc1cnn(Cc2c(F)cc(F)c(F)c2F)c1. The Morgan fingerprint density at radius 1 is 1.10 bits per heavy atom. The molecule has 3 aromatic rings. The van der Waals surface area contributed by atoms with Gasteiger partial charge in [0.2, 0.25) is 0 Å². The molecule has 1 heterocycles. The smallest absolute Gasteiger partial charge is 0.194 e. The Morgan fingerprint density at radius 3 is 2.62 bits per heavy atom. The molecule has 0 aliphatic heterocycles. The predicted molar refractivity (Wildman–Crippen MR) is 105 cm³/mol. The van der Waals surface area contributed by atoms with Gasteiger partial charge in [0, 0.05) is 17.8 Å². The van der Waals surface area contributed by atoms with E-state index in [1.54, 1.807) is 12.1 Å². The monoisotopic (exact) mass is 424 g/mol. The number of halogens is 4. The first-order valence-corrected chi connectivity index (χ1v) is 8.94. The second kappa shape index (κ2) is 8.91. The van der Waals surface area contributed by atoms with Crippen molar-refractivity contribution in [3.8, 4) is 5.75 Å². The van der Waals surface area contributed by atoms with E-state index in [4.69, 9.17) is 17.0 Å². The van der Waals surface area contributed by atoms with Crippen molar-refractivity contribution in [1.29, 1.82) is 0 Å². The highest BCUT2D eigenvalue weighted by atomic mass is 32.1. The largest absolute Gasteiger partial charge is 0.492 e. The molecule has 0 saturated carbocycles. The van der Waals surface area contributed by atoms with Crippen LogP contribution in [0.15, 0.2) is 42.7 Å². The van der Waals surface area contributed by atoms with Gasteiger partial charge >= 0.3 is 0 Å². The first-order chi connectivity index (χ1) is 13.9. The summed E-state index contributed by atoms with van der Waals surface area (Å²) in [6, 6.07) is 7.52. The minimum Gasteiger partial charge on any atom is -0.492 e. The van der Waals surface area contributed by atoms with Crippen LogP contribution in [0.1, 0.15) is 12.5 Å². The lowest BCUT2D eigenvalue weighted by atomic mass is 10.2. The van der Waals surface area contributed by atoms with Crippen molar-refractivity contribution < 1.29 is 22.3 Å². The number of thiocarbonyl (C=S) groups is 1. The van der Waals surface area contributed by atoms with Gasteiger partial charge < -0.3 is 15.4 Å². The number of para-hydroxylation sites is 2. The van der Waals surface area contributed by atoms with Gasteiger partial charge in [0.25, 0.3) is 0 Å². The molecule has 0 unspecified atom stereocenters. The van der Waals surface area contributed by atoms with E-state index in [-0.39, 0.29) is 5.11 Å². The van der Waals surface area contributed by atoms with Crippen LogP contribution in [-0.4, -0.2) is 21.5 Å². The molecule has 0 aliphatic carbocycles. The van der Waals surface area contributed by atoms with Gasteiger partial charge in [-0.05, 0) is 31.3 Å². The van der Waals surface area contributed by atoms with Crippen molar-refractivity contribution in [2.75, 3.05) is 17.2 Å². The van der Waals surface area contributed by atoms with Crippen LogP contribution in [0.2, 0.25) is 0 Å². The molecule has 1 aromatic heterocycles. The van der Waals surface area contributed by atoms with Crippen molar-refractivity contribution in [3.63, 3.8) is 0 Å². The maximum atomic E-state index is 13.8. The molecule has 0 bridgehead atoms. The average molecular weight is 424 g/mol. The molecule has 0 fully saturated rings. The van der Waals surface area contributed by atoms with Crippen molar-refractivity contribution in [2.45, 2.75) is 13.5 Å². The molecule has 5 nitrogen and oxygen atoms in total. The Labute approximate surface area is 169 Å². The first kappa shape index (κ1) is 20.6. The first-order valence-electron chi connectivity index (χ1n) is 8.53.